The Balaban J connectivity index is 1.60. The number of alkyl halides is 6. The monoisotopic (exact) mass is 582 g/mol. The molecular formula is C33H16F6N4. The van der Waals surface area contributed by atoms with Gasteiger partial charge in [-0.15, -0.1) is 0 Å². The van der Waals surface area contributed by atoms with E-state index < -0.39 is 23.5 Å². The first-order valence-electron chi connectivity index (χ1n) is 12.8. The summed E-state index contributed by atoms with van der Waals surface area (Å²) in [5, 5.41) is 33.2. The van der Waals surface area contributed by atoms with Crippen molar-refractivity contribution in [3.8, 4) is 51.6 Å². The number of nitrogens with one attached hydrogen (secondary N) is 1. The maximum atomic E-state index is 13.2. The molecule has 1 saturated heterocycles. The quantitative estimate of drug-likeness (QED) is 0.132. The summed E-state index contributed by atoms with van der Waals surface area (Å²) >= 11 is 0. The van der Waals surface area contributed by atoms with Gasteiger partial charge in [-0.2, -0.15) is 42.1 Å². The average Bonchev–Trinajstić information content (AvgIpc) is 3.78. The third kappa shape index (κ3) is 4.80. The van der Waals surface area contributed by atoms with Gasteiger partial charge in [0.25, 0.3) is 0 Å². The van der Waals surface area contributed by atoms with Crippen molar-refractivity contribution >= 4 is 5.57 Å². The van der Waals surface area contributed by atoms with Crippen molar-refractivity contribution < 1.29 is 26.3 Å². The molecule has 4 aromatic carbocycles. The van der Waals surface area contributed by atoms with Crippen LogP contribution in [-0.2, 0) is 12.4 Å². The molecular weight excluding hydrogens is 566 g/mol. The molecule has 0 saturated carbocycles. The van der Waals surface area contributed by atoms with E-state index in [0.29, 0.717) is 62.2 Å². The van der Waals surface area contributed by atoms with Crippen LogP contribution in [0.5, 0.6) is 0 Å². The van der Waals surface area contributed by atoms with Crippen molar-refractivity contribution in [2.45, 2.75) is 18.4 Å². The van der Waals surface area contributed by atoms with Crippen molar-refractivity contribution in [2.24, 2.45) is 0 Å². The molecule has 210 valence electrons. The Bertz CT molecular complexity index is 1830. The topological polar surface area (TPSA) is 93.3 Å². The number of fused-ring (bicyclic) bond motifs is 3. The van der Waals surface area contributed by atoms with Crippen LogP contribution in [-0.4, -0.2) is 12.6 Å². The summed E-state index contributed by atoms with van der Waals surface area (Å²) in [7, 11) is 0. The average molecular weight is 583 g/mol. The predicted octanol–water partition coefficient (Wildman–Crippen LogP) is 8.08. The van der Waals surface area contributed by atoms with Gasteiger partial charge in [0, 0.05) is 23.2 Å². The zero-order chi connectivity index (χ0) is 30.7. The molecule has 0 aromatic heterocycles. The van der Waals surface area contributed by atoms with Crippen LogP contribution in [0.25, 0.3) is 39.0 Å². The molecule has 1 N–H and O–H groups in total. The second kappa shape index (κ2) is 9.87. The summed E-state index contributed by atoms with van der Waals surface area (Å²) in [6.45, 7) is 0.556. The Morgan fingerprint density at radius 2 is 1.00 bits per heavy atom. The molecule has 4 nitrogen and oxygen atoms in total. The molecule has 1 heterocycles. The van der Waals surface area contributed by atoms with Crippen LogP contribution < -0.4 is 5.32 Å². The van der Waals surface area contributed by atoms with E-state index in [9.17, 15) is 42.1 Å². The Morgan fingerprint density at radius 1 is 0.605 bits per heavy atom. The van der Waals surface area contributed by atoms with Gasteiger partial charge in [-0.05, 0) is 81.9 Å². The zero-order valence-electron chi connectivity index (χ0n) is 21.8. The lowest BCUT2D eigenvalue weighted by Gasteiger charge is -2.12. The molecule has 1 atom stereocenters. The summed E-state index contributed by atoms with van der Waals surface area (Å²) in [4.78, 5) is 0. The fraction of sp³-hybridized carbons (Fsp3) is 0.121. The number of benzene rings is 4. The summed E-state index contributed by atoms with van der Waals surface area (Å²) in [5.41, 5.74) is 3.29. The molecule has 10 heteroatoms. The highest BCUT2D eigenvalue weighted by Crippen LogP contribution is 2.50. The molecule has 1 aliphatic heterocycles. The van der Waals surface area contributed by atoms with Crippen molar-refractivity contribution in [1.82, 2.24) is 5.32 Å². The molecule has 1 aliphatic carbocycles. The van der Waals surface area contributed by atoms with Crippen LogP contribution in [0.4, 0.5) is 26.3 Å². The number of hydrogen-bond donors (Lipinski definition) is 1. The van der Waals surface area contributed by atoms with Gasteiger partial charge in [0.15, 0.2) is 0 Å². The largest absolute Gasteiger partial charge is 0.416 e. The number of halogens is 6. The molecule has 6 rings (SSSR count). The molecule has 1 unspecified atom stereocenters. The highest BCUT2D eigenvalue weighted by Gasteiger charge is 2.36. The zero-order valence-corrected chi connectivity index (χ0v) is 21.8. The smallest absolute Gasteiger partial charge is 0.306 e. The minimum Gasteiger partial charge on any atom is -0.306 e. The van der Waals surface area contributed by atoms with E-state index in [1.807, 2.05) is 0 Å². The van der Waals surface area contributed by atoms with Gasteiger partial charge < -0.3 is 5.32 Å². The van der Waals surface area contributed by atoms with E-state index in [1.54, 1.807) is 24.3 Å². The summed E-state index contributed by atoms with van der Waals surface area (Å²) in [6.07, 6.45) is -9.07. The fourth-order valence-corrected chi connectivity index (χ4v) is 5.41. The SMILES string of the molecule is N#CC(=C1c2cc(C#N)c(-c3ccc(C(F)(F)F)cc3)cc2-c2cc(-c3ccc(C(F)(F)F)cc3)c(C#N)cc21)C1CN1. The van der Waals surface area contributed by atoms with Crippen LogP contribution in [0, 0.1) is 34.0 Å². The second-order valence-electron chi connectivity index (χ2n) is 10.1. The Labute approximate surface area is 241 Å². The Morgan fingerprint density at radius 3 is 1.30 bits per heavy atom. The Kier molecular flexibility index (Phi) is 6.38. The number of rotatable bonds is 3. The molecule has 0 bridgehead atoms. The molecule has 0 amide bonds. The normalized spacial score (nSPS) is 15.1. The van der Waals surface area contributed by atoms with Gasteiger partial charge in [-0.3, -0.25) is 0 Å². The second-order valence-corrected chi connectivity index (χ2v) is 10.1. The van der Waals surface area contributed by atoms with Crippen LogP contribution in [0.15, 0.2) is 78.4 Å². The highest BCUT2D eigenvalue weighted by atomic mass is 19.4. The third-order valence-electron chi connectivity index (χ3n) is 7.58. The lowest BCUT2D eigenvalue weighted by molar-refractivity contribution is -0.138. The highest BCUT2D eigenvalue weighted by molar-refractivity contribution is 6.06. The molecule has 0 spiro atoms. The van der Waals surface area contributed by atoms with Gasteiger partial charge in [-0.25, -0.2) is 0 Å². The predicted molar refractivity (Wildman–Crippen MR) is 146 cm³/mol. The van der Waals surface area contributed by atoms with Gasteiger partial charge in [0.2, 0.25) is 0 Å². The van der Waals surface area contributed by atoms with E-state index >= 15 is 0 Å². The van der Waals surface area contributed by atoms with Crippen molar-refractivity contribution in [2.75, 3.05) is 6.54 Å². The molecule has 43 heavy (non-hydrogen) atoms. The minimum atomic E-state index is -4.54. The van der Waals surface area contributed by atoms with Crippen LogP contribution in [0.2, 0.25) is 0 Å². The van der Waals surface area contributed by atoms with Crippen LogP contribution in [0.3, 0.4) is 0 Å². The number of nitriles is 3. The first kappa shape index (κ1) is 27.8. The fourth-order valence-electron chi connectivity index (χ4n) is 5.41. The third-order valence-corrected chi connectivity index (χ3v) is 7.58. The summed E-state index contributed by atoms with van der Waals surface area (Å²) < 4.78 is 79.1. The van der Waals surface area contributed by atoms with Crippen molar-refractivity contribution in [3.63, 3.8) is 0 Å². The first-order chi connectivity index (χ1) is 20.4. The van der Waals surface area contributed by atoms with E-state index in [4.69, 9.17) is 0 Å². The van der Waals surface area contributed by atoms with Crippen molar-refractivity contribution in [3.05, 3.63) is 112 Å². The van der Waals surface area contributed by atoms with Gasteiger partial charge in [0.1, 0.15) is 0 Å². The molecule has 4 aromatic rings. The number of nitrogens with zero attached hydrogens (tertiary/aromatic N) is 3. The van der Waals surface area contributed by atoms with E-state index in [2.05, 4.69) is 23.5 Å². The maximum Gasteiger partial charge on any atom is 0.416 e. The minimum absolute atomic E-state index is 0.174. The first-order valence-corrected chi connectivity index (χ1v) is 12.8. The Hall–Kier alpha value is -5.37. The van der Waals surface area contributed by atoms with E-state index in [-0.39, 0.29) is 17.2 Å². The molecule has 1 fully saturated rings. The number of hydrogen-bond acceptors (Lipinski definition) is 4. The lowest BCUT2D eigenvalue weighted by Crippen LogP contribution is -2.04. The molecule has 0 radical (unpaired) electrons. The van der Waals surface area contributed by atoms with E-state index in [1.165, 1.54) is 24.3 Å². The standard InChI is InChI=1S/C33H16F6N4/c34-32(35,36)21-5-1-17(2-6-21)23-11-25-26-12-24(18-3-7-22(8-4-18)33(37,38)39)20(14-41)10-28(26)31(27(25)9-19(23)13-40)29(15-42)30-16-43-30/h1-12,30,43H,16H2. The summed E-state index contributed by atoms with van der Waals surface area (Å²) in [6, 6.07) is 21.5. The van der Waals surface area contributed by atoms with E-state index in [0.717, 1.165) is 24.3 Å². The maximum absolute atomic E-state index is 13.2. The van der Waals surface area contributed by atoms with Crippen LogP contribution >= 0.6 is 0 Å². The lowest BCUT2D eigenvalue weighted by atomic mass is 9.91. The van der Waals surface area contributed by atoms with Gasteiger partial charge in [0.05, 0.1) is 52.1 Å². The van der Waals surface area contributed by atoms with Gasteiger partial charge in [-0.1, -0.05) is 24.3 Å². The summed E-state index contributed by atoms with van der Waals surface area (Å²) in [5.74, 6) is 0. The van der Waals surface area contributed by atoms with Crippen LogP contribution in [0.1, 0.15) is 33.4 Å². The van der Waals surface area contributed by atoms with Gasteiger partial charge >= 0.3 is 12.4 Å². The molecule has 2 aliphatic rings. The van der Waals surface area contributed by atoms with Crippen molar-refractivity contribution in [1.29, 1.82) is 15.8 Å².